The van der Waals surface area contributed by atoms with Gasteiger partial charge in [-0.05, 0) is 30.3 Å². The third-order valence-electron chi connectivity index (χ3n) is 6.65. The van der Waals surface area contributed by atoms with Crippen molar-refractivity contribution >= 4 is 27.4 Å². The summed E-state index contributed by atoms with van der Waals surface area (Å²) in [5.41, 5.74) is 1.80. The molecule has 39 heavy (non-hydrogen) atoms. The van der Waals surface area contributed by atoms with Crippen molar-refractivity contribution in [2.24, 2.45) is 0 Å². The molecule has 0 atom stereocenters. The Hall–Kier alpha value is -4.16. The zero-order valence-electron chi connectivity index (χ0n) is 21.1. The predicted molar refractivity (Wildman–Crippen MR) is 139 cm³/mol. The van der Waals surface area contributed by atoms with Crippen molar-refractivity contribution in [3.05, 3.63) is 101 Å². The average Bonchev–Trinajstić information content (AvgIpc) is 3.55. The van der Waals surface area contributed by atoms with E-state index in [4.69, 9.17) is 0 Å². The number of sulfonamides is 1. The number of amides is 1. The second-order valence-electron chi connectivity index (χ2n) is 9.99. The van der Waals surface area contributed by atoms with Gasteiger partial charge in [0.15, 0.2) is 5.78 Å². The summed E-state index contributed by atoms with van der Waals surface area (Å²) in [4.78, 5) is 28.3. The number of fused-ring (bicyclic) bond motifs is 1. The van der Waals surface area contributed by atoms with Crippen molar-refractivity contribution in [1.29, 1.82) is 0 Å². The normalized spacial score (nSPS) is 15.1. The molecule has 0 saturated heterocycles. The largest absolute Gasteiger partial charge is 0.367 e. The second-order valence-corrected chi connectivity index (χ2v) is 11.9. The highest BCUT2D eigenvalue weighted by molar-refractivity contribution is 7.89. The molecule has 2 aromatic carbocycles. The number of hydrogen-bond acceptors (Lipinski definition) is 5. The van der Waals surface area contributed by atoms with Crippen LogP contribution >= 0.6 is 0 Å². The van der Waals surface area contributed by atoms with Gasteiger partial charge < -0.3 is 10.3 Å². The molecule has 0 bridgehead atoms. The molecule has 0 fully saturated rings. The first-order valence-corrected chi connectivity index (χ1v) is 13.5. The van der Waals surface area contributed by atoms with Crippen LogP contribution in [-0.4, -0.2) is 46.1 Å². The van der Waals surface area contributed by atoms with Gasteiger partial charge in [0.25, 0.3) is 5.91 Å². The summed E-state index contributed by atoms with van der Waals surface area (Å²) >= 11 is 0. The van der Waals surface area contributed by atoms with Crippen LogP contribution in [0.3, 0.4) is 0 Å². The minimum absolute atomic E-state index is 0.0206. The van der Waals surface area contributed by atoms with E-state index in [2.05, 4.69) is 20.5 Å². The Morgan fingerprint density at radius 2 is 1.82 bits per heavy atom. The number of carbonyl (C=O) groups is 2. The Labute approximate surface area is 223 Å². The number of nitrogens with zero attached hydrogens (tertiary/aromatic N) is 2. The summed E-state index contributed by atoms with van der Waals surface area (Å²) in [7, 11) is -4.26. The van der Waals surface area contributed by atoms with Crippen molar-refractivity contribution < 1.29 is 26.8 Å². The molecular weight excluding hydrogens is 528 g/mol. The van der Waals surface area contributed by atoms with E-state index in [1.54, 1.807) is 50.4 Å². The molecule has 202 valence electrons. The fraction of sp³-hybridized carbons (Fsp3) is 0.222. The second kappa shape index (κ2) is 9.86. The molecule has 0 unspecified atom stereocenters. The number of rotatable bonds is 7. The molecular formula is C27H25F2N5O4S. The summed E-state index contributed by atoms with van der Waals surface area (Å²) in [5.74, 6) is -2.70. The third-order valence-corrected chi connectivity index (χ3v) is 8.42. The molecule has 1 aliphatic heterocycles. The minimum Gasteiger partial charge on any atom is -0.367 e. The highest BCUT2D eigenvalue weighted by atomic mass is 32.2. The Bertz CT molecular complexity index is 1660. The number of carbonyl (C=O) groups excluding carboxylic acids is 2. The van der Waals surface area contributed by atoms with E-state index >= 15 is 0 Å². The van der Waals surface area contributed by atoms with Gasteiger partial charge in [0, 0.05) is 53.8 Å². The van der Waals surface area contributed by atoms with Crippen LogP contribution in [0.4, 0.5) is 14.5 Å². The van der Waals surface area contributed by atoms with E-state index in [0.717, 1.165) is 16.4 Å². The number of para-hydroxylation sites is 1. The molecule has 0 saturated carbocycles. The number of Topliss-reactive ketones (excluding diaryl/α,β-unsaturated/α-hetero) is 1. The topological polar surface area (TPSA) is 128 Å². The van der Waals surface area contributed by atoms with Gasteiger partial charge in [-0.1, -0.05) is 26.0 Å². The molecule has 0 radical (unpaired) electrons. The van der Waals surface area contributed by atoms with Gasteiger partial charge >= 0.3 is 0 Å². The lowest BCUT2D eigenvalue weighted by Gasteiger charge is -2.36. The Balaban J connectivity index is 1.43. The van der Waals surface area contributed by atoms with Crippen LogP contribution in [0.2, 0.25) is 0 Å². The van der Waals surface area contributed by atoms with Crippen molar-refractivity contribution in [2.75, 3.05) is 11.9 Å². The molecule has 1 aliphatic rings. The number of hydrogen-bond donors (Lipinski definition) is 3. The van der Waals surface area contributed by atoms with Crippen molar-refractivity contribution in [3.8, 4) is 0 Å². The lowest BCUT2D eigenvalue weighted by molar-refractivity contribution is 0.0992. The van der Waals surface area contributed by atoms with Crippen LogP contribution in [0, 0.1) is 11.6 Å². The van der Waals surface area contributed by atoms with E-state index in [-0.39, 0.29) is 36.8 Å². The predicted octanol–water partition coefficient (Wildman–Crippen LogP) is 4.18. The van der Waals surface area contributed by atoms with E-state index < -0.39 is 32.0 Å². The molecule has 12 heteroatoms. The molecule has 9 nitrogen and oxygen atoms in total. The minimum atomic E-state index is -4.26. The number of benzene rings is 2. The van der Waals surface area contributed by atoms with Gasteiger partial charge in [-0.3, -0.25) is 14.7 Å². The molecule has 2 aromatic heterocycles. The summed E-state index contributed by atoms with van der Waals surface area (Å²) < 4.78 is 55.5. The maximum Gasteiger partial charge on any atom is 0.257 e. The standard InChI is InChI=1S/C27H25F2N5O4S/c1-27(2)15-34(39(37,38)19-10-17(28)9-18(29)11-19)14-21-23(32-33-25(21)27)12-24(35)20-5-3-4-6-22(20)31-26(36)16-7-8-30-13-16/h3-11,13,30H,12,14-15H2,1-2H3,(H,31,36)(H,32,33). The Morgan fingerprint density at radius 3 is 2.51 bits per heavy atom. The van der Waals surface area contributed by atoms with Gasteiger partial charge in [-0.2, -0.15) is 9.40 Å². The number of aromatic nitrogens is 3. The van der Waals surface area contributed by atoms with Gasteiger partial charge in [-0.15, -0.1) is 0 Å². The van der Waals surface area contributed by atoms with Crippen LogP contribution in [0.5, 0.6) is 0 Å². The Kier molecular flexibility index (Phi) is 6.69. The summed E-state index contributed by atoms with van der Waals surface area (Å²) in [6.07, 6.45) is 3.01. The van der Waals surface area contributed by atoms with E-state index in [0.29, 0.717) is 34.3 Å². The lowest BCUT2D eigenvalue weighted by Crippen LogP contribution is -2.45. The molecule has 3 N–H and O–H groups in total. The Morgan fingerprint density at radius 1 is 1.10 bits per heavy atom. The quantitative estimate of drug-likeness (QED) is 0.296. The van der Waals surface area contributed by atoms with Crippen LogP contribution < -0.4 is 5.32 Å². The van der Waals surface area contributed by atoms with Crippen molar-refractivity contribution in [2.45, 2.75) is 37.1 Å². The van der Waals surface area contributed by atoms with E-state index in [1.807, 2.05) is 0 Å². The third kappa shape index (κ3) is 5.12. The van der Waals surface area contributed by atoms with Crippen LogP contribution in [0.25, 0.3) is 0 Å². The van der Waals surface area contributed by atoms with Crippen LogP contribution in [0.15, 0.2) is 65.8 Å². The zero-order chi connectivity index (χ0) is 27.9. The number of ketones is 1. The van der Waals surface area contributed by atoms with Gasteiger partial charge in [0.1, 0.15) is 11.6 Å². The summed E-state index contributed by atoms with van der Waals surface area (Å²) in [5, 5.41) is 10.0. The van der Waals surface area contributed by atoms with Gasteiger partial charge in [0.05, 0.1) is 28.3 Å². The van der Waals surface area contributed by atoms with E-state index in [9.17, 15) is 26.8 Å². The molecule has 4 aromatic rings. The number of nitrogens with one attached hydrogen (secondary N) is 3. The number of anilines is 1. The number of aromatic amines is 2. The van der Waals surface area contributed by atoms with Crippen LogP contribution in [0.1, 0.15) is 51.5 Å². The molecule has 0 spiro atoms. The lowest BCUT2D eigenvalue weighted by atomic mass is 9.83. The number of halogens is 2. The summed E-state index contributed by atoms with van der Waals surface area (Å²) in [6, 6.07) is 10.4. The maximum atomic E-state index is 13.8. The SMILES string of the molecule is CC1(C)CN(S(=O)(=O)c2cc(F)cc(F)c2)Cc2c1n[nH]c2CC(=O)c1ccccc1NC(=O)c1cc[nH]c1. The van der Waals surface area contributed by atoms with Crippen molar-refractivity contribution in [3.63, 3.8) is 0 Å². The first kappa shape index (κ1) is 26.4. The highest BCUT2D eigenvalue weighted by Crippen LogP contribution is 2.37. The average molecular weight is 554 g/mol. The fourth-order valence-corrected chi connectivity index (χ4v) is 6.39. The molecule has 5 rings (SSSR count). The van der Waals surface area contributed by atoms with Crippen molar-refractivity contribution in [1.82, 2.24) is 19.5 Å². The zero-order valence-corrected chi connectivity index (χ0v) is 21.9. The molecule has 0 aliphatic carbocycles. The van der Waals surface area contributed by atoms with Gasteiger partial charge in [0.2, 0.25) is 10.0 Å². The number of H-pyrrole nitrogens is 2. The maximum absolute atomic E-state index is 13.8. The van der Waals surface area contributed by atoms with E-state index in [1.165, 1.54) is 6.20 Å². The first-order chi connectivity index (χ1) is 18.5. The van der Waals surface area contributed by atoms with Crippen LogP contribution in [-0.2, 0) is 28.4 Å². The molecule has 3 heterocycles. The fourth-order valence-electron chi connectivity index (χ4n) is 4.77. The summed E-state index contributed by atoms with van der Waals surface area (Å²) in [6.45, 7) is 3.49. The smallest absolute Gasteiger partial charge is 0.257 e. The first-order valence-electron chi connectivity index (χ1n) is 12.0. The monoisotopic (exact) mass is 553 g/mol. The highest BCUT2D eigenvalue weighted by Gasteiger charge is 2.41. The van der Waals surface area contributed by atoms with Gasteiger partial charge in [-0.25, -0.2) is 17.2 Å². The molecule has 1 amide bonds.